The van der Waals surface area contributed by atoms with Gasteiger partial charge in [0, 0.05) is 13.0 Å². The second-order valence-electron chi connectivity index (χ2n) is 6.56. The molecule has 1 heterocycles. The Hall–Kier alpha value is -2.04. The van der Waals surface area contributed by atoms with Crippen molar-refractivity contribution < 1.29 is 18.9 Å². The van der Waals surface area contributed by atoms with Crippen LogP contribution in [0.3, 0.4) is 0 Å². The average molecular weight is 342 g/mol. The first-order valence-corrected chi connectivity index (χ1v) is 8.67. The van der Waals surface area contributed by atoms with Crippen LogP contribution in [-0.4, -0.2) is 20.5 Å². The van der Waals surface area contributed by atoms with E-state index in [1.165, 1.54) is 0 Å². The molecule has 1 fully saturated rings. The van der Waals surface area contributed by atoms with Crippen LogP contribution in [0.4, 0.5) is 0 Å². The van der Waals surface area contributed by atoms with E-state index in [9.17, 15) is 0 Å². The lowest BCUT2D eigenvalue weighted by Gasteiger charge is -2.18. The molecule has 0 aromatic heterocycles. The molecule has 0 aliphatic carbocycles. The van der Waals surface area contributed by atoms with Gasteiger partial charge in [0.25, 0.3) is 0 Å². The molecule has 0 bridgehead atoms. The normalized spacial score (nSPS) is 25.8. The van der Waals surface area contributed by atoms with Gasteiger partial charge in [-0.3, -0.25) is 0 Å². The molecular weight excluding hydrogens is 316 g/mol. The van der Waals surface area contributed by atoms with Crippen LogP contribution in [0.5, 0.6) is 11.5 Å². The number of ether oxygens (including phenoxy) is 4. The van der Waals surface area contributed by atoms with Gasteiger partial charge in [0.05, 0.1) is 13.2 Å². The van der Waals surface area contributed by atoms with Gasteiger partial charge in [0.2, 0.25) is 0 Å². The standard InChI is InChI=1S/C21H26O4/c1-14-15(2)21(23-4)25-20(14)17-10-11-18(19(12-17)22-3)24-13-16-8-6-5-7-9-16/h5-12,14-15,20-21H,13H2,1-4H3/t14-,15-,20-,21?/m0/s1. The van der Waals surface area contributed by atoms with E-state index in [4.69, 9.17) is 18.9 Å². The molecule has 0 radical (unpaired) electrons. The third-order valence-corrected chi connectivity index (χ3v) is 5.00. The first-order valence-electron chi connectivity index (χ1n) is 8.67. The predicted octanol–water partition coefficient (Wildman–Crippen LogP) is 4.59. The Labute approximate surface area is 149 Å². The van der Waals surface area contributed by atoms with E-state index in [0.29, 0.717) is 18.4 Å². The Morgan fingerprint density at radius 2 is 1.68 bits per heavy atom. The molecule has 4 nitrogen and oxygen atoms in total. The van der Waals surface area contributed by atoms with Crippen molar-refractivity contribution in [1.82, 2.24) is 0 Å². The monoisotopic (exact) mass is 342 g/mol. The van der Waals surface area contributed by atoms with E-state index in [1.807, 2.05) is 42.5 Å². The summed E-state index contributed by atoms with van der Waals surface area (Å²) in [5.74, 6) is 2.16. The molecule has 0 amide bonds. The molecule has 2 aromatic carbocycles. The van der Waals surface area contributed by atoms with Gasteiger partial charge >= 0.3 is 0 Å². The summed E-state index contributed by atoms with van der Waals surface area (Å²) in [5, 5.41) is 0. The van der Waals surface area contributed by atoms with Gasteiger partial charge in [-0.25, -0.2) is 0 Å². The van der Waals surface area contributed by atoms with E-state index < -0.39 is 0 Å². The SMILES string of the molecule is COc1cc([C@H]2OC(OC)[C@@H](C)[C@@H]2C)ccc1OCc1ccccc1. The van der Waals surface area contributed by atoms with Crippen molar-refractivity contribution in [2.24, 2.45) is 11.8 Å². The minimum absolute atomic E-state index is 0.00276. The van der Waals surface area contributed by atoms with Gasteiger partial charge in [-0.15, -0.1) is 0 Å². The molecule has 134 valence electrons. The van der Waals surface area contributed by atoms with Gasteiger partial charge in [-0.05, 0) is 29.2 Å². The van der Waals surface area contributed by atoms with Crippen LogP contribution in [-0.2, 0) is 16.1 Å². The molecule has 3 rings (SSSR count). The molecule has 1 aliphatic heterocycles. The van der Waals surface area contributed by atoms with E-state index in [1.54, 1.807) is 14.2 Å². The highest BCUT2D eigenvalue weighted by molar-refractivity contribution is 5.44. The lowest BCUT2D eigenvalue weighted by Crippen LogP contribution is -2.17. The first-order chi connectivity index (χ1) is 12.1. The van der Waals surface area contributed by atoms with Gasteiger partial charge in [0.15, 0.2) is 17.8 Å². The zero-order chi connectivity index (χ0) is 17.8. The van der Waals surface area contributed by atoms with Crippen LogP contribution in [0.2, 0.25) is 0 Å². The maximum Gasteiger partial charge on any atom is 0.161 e. The van der Waals surface area contributed by atoms with E-state index in [0.717, 1.165) is 22.6 Å². The summed E-state index contributed by atoms with van der Waals surface area (Å²) in [5.41, 5.74) is 2.21. The Morgan fingerprint density at radius 3 is 2.32 bits per heavy atom. The summed E-state index contributed by atoms with van der Waals surface area (Å²) in [7, 11) is 3.35. The van der Waals surface area contributed by atoms with Crippen LogP contribution in [0, 0.1) is 11.8 Å². The first kappa shape index (κ1) is 17.8. The molecule has 4 heteroatoms. The molecule has 0 spiro atoms. The van der Waals surface area contributed by atoms with Crippen LogP contribution >= 0.6 is 0 Å². The predicted molar refractivity (Wildman–Crippen MR) is 96.7 cm³/mol. The van der Waals surface area contributed by atoms with Gasteiger partial charge < -0.3 is 18.9 Å². The van der Waals surface area contributed by atoms with Gasteiger partial charge in [0.1, 0.15) is 6.61 Å². The maximum atomic E-state index is 6.07. The number of hydrogen-bond acceptors (Lipinski definition) is 4. The number of benzene rings is 2. The fourth-order valence-corrected chi connectivity index (χ4v) is 3.28. The molecule has 1 unspecified atom stereocenters. The second-order valence-corrected chi connectivity index (χ2v) is 6.56. The van der Waals surface area contributed by atoms with Crippen molar-refractivity contribution in [2.45, 2.75) is 32.8 Å². The molecule has 0 saturated carbocycles. The third kappa shape index (κ3) is 3.80. The molecule has 4 atom stereocenters. The molecule has 1 saturated heterocycles. The largest absolute Gasteiger partial charge is 0.493 e. The lowest BCUT2D eigenvalue weighted by atomic mass is 9.89. The quantitative estimate of drug-likeness (QED) is 0.769. The number of hydrogen-bond donors (Lipinski definition) is 0. The summed E-state index contributed by atoms with van der Waals surface area (Å²) < 4.78 is 23.0. The lowest BCUT2D eigenvalue weighted by molar-refractivity contribution is -0.130. The molecule has 1 aliphatic rings. The Morgan fingerprint density at radius 1 is 0.920 bits per heavy atom. The topological polar surface area (TPSA) is 36.9 Å². The van der Waals surface area contributed by atoms with Crippen LogP contribution in [0.25, 0.3) is 0 Å². The highest BCUT2D eigenvalue weighted by Crippen LogP contribution is 2.44. The van der Waals surface area contributed by atoms with Crippen LogP contribution < -0.4 is 9.47 Å². The fraction of sp³-hybridized carbons (Fsp3) is 0.429. The summed E-state index contributed by atoms with van der Waals surface area (Å²) >= 11 is 0. The summed E-state index contributed by atoms with van der Waals surface area (Å²) in [6, 6.07) is 16.1. The zero-order valence-electron chi connectivity index (χ0n) is 15.3. The number of rotatable bonds is 6. The summed E-state index contributed by atoms with van der Waals surface area (Å²) in [6.07, 6.45) is -0.169. The highest BCUT2D eigenvalue weighted by atomic mass is 16.7. The summed E-state index contributed by atoms with van der Waals surface area (Å²) in [6.45, 7) is 4.86. The van der Waals surface area contributed by atoms with Crippen molar-refractivity contribution in [3.63, 3.8) is 0 Å². The molecule has 25 heavy (non-hydrogen) atoms. The molecule has 2 aromatic rings. The van der Waals surface area contributed by atoms with Crippen LogP contribution in [0.15, 0.2) is 48.5 Å². The van der Waals surface area contributed by atoms with Crippen molar-refractivity contribution in [3.05, 3.63) is 59.7 Å². The second kappa shape index (κ2) is 7.89. The Kier molecular flexibility index (Phi) is 5.61. The Bertz CT molecular complexity index is 686. The minimum Gasteiger partial charge on any atom is -0.493 e. The van der Waals surface area contributed by atoms with Crippen LogP contribution in [0.1, 0.15) is 31.1 Å². The fourth-order valence-electron chi connectivity index (χ4n) is 3.28. The minimum atomic E-state index is -0.167. The molecular formula is C21H26O4. The van der Waals surface area contributed by atoms with Crippen molar-refractivity contribution in [2.75, 3.05) is 14.2 Å². The number of methoxy groups -OCH3 is 2. The van der Waals surface area contributed by atoms with Crippen molar-refractivity contribution in [1.29, 1.82) is 0 Å². The van der Waals surface area contributed by atoms with Crippen molar-refractivity contribution in [3.8, 4) is 11.5 Å². The van der Waals surface area contributed by atoms with Gasteiger partial charge in [-0.1, -0.05) is 50.2 Å². The van der Waals surface area contributed by atoms with Gasteiger partial charge in [-0.2, -0.15) is 0 Å². The molecule has 0 N–H and O–H groups in total. The average Bonchev–Trinajstić information content (AvgIpc) is 2.95. The van der Waals surface area contributed by atoms with E-state index >= 15 is 0 Å². The zero-order valence-corrected chi connectivity index (χ0v) is 15.3. The Balaban J connectivity index is 1.75. The smallest absolute Gasteiger partial charge is 0.161 e. The maximum absolute atomic E-state index is 6.07. The highest BCUT2D eigenvalue weighted by Gasteiger charge is 2.40. The van der Waals surface area contributed by atoms with Crippen molar-refractivity contribution >= 4 is 0 Å². The third-order valence-electron chi connectivity index (χ3n) is 5.00. The summed E-state index contributed by atoms with van der Waals surface area (Å²) in [4.78, 5) is 0. The van der Waals surface area contributed by atoms with E-state index in [-0.39, 0.29) is 12.4 Å². The van der Waals surface area contributed by atoms with E-state index in [2.05, 4.69) is 19.9 Å².